The van der Waals surface area contributed by atoms with E-state index in [-0.39, 0.29) is 5.91 Å². The summed E-state index contributed by atoms with van der Waals surface area (Å²) in [6.07, 6.45) is 6.48. The van der Waals surface area contributed by atoms with Gasteiger partial charge in [-0.25, -0.2) is 9.50 Å². The first kappa shape index (κ1) is 19.5. The van der Waals surface area contributed by atoms with Crippen molar-refractivity contribution in [2.24, 2.45) is 7.05 Å². The average molecular weight is 419 g/mol. The van der Waals surface area contributed by atoms with E-state index < -0.39 is 0 Å². The molecule has 0 saturated heterocycles. The molecule has 31 heavy (non-hydrogen) atoms. The second-order valence-corrected chi connectivity index (χ2v) is 8.31. The third-order valence-electron chi connectivity index (χ3n) is 6.19. The van der Waals surface area contributed by atoms with Crippen molar-refractivity contribution in [3.63, 3.8) is 0 Å². The van der Waals surface area contributed by atoms with Crippen molar-refractivity contribution in [2.45, 2.75) is 52.5 Å². The van der Waals surface area contributed by atoms with Crippen LogP contribution < -0.4 is 5.32 Å². The van der Waals surface area contributed by atoms with Crippen molar-refractivity contribution in [1.82, 2.24) is 34.2 Å². The summed E-state index contributed by atoms with van der Waals surface area (Å²) in [5.41, 5.74) is 5.75. The van der Waals surface area contributed by atoms with Gasteiger partial charge in [0.15, 0.2) is 17.2 Å². The molecule has 1 aliphatic carbocycles. The highest BCUT2D eigenvalue weighted by Gasteiger charge is 2.22. The molecule has 1 fully saturated rings. The molecular weight excluding hydrogens is 392 g/mol. The molecule has 0 radical (unpaired) electrons. The van der Waals surface area contributed by atoms with Gasteiger partial charge in [0.1, 0.15) is 0 Å². The van der Waals surface area contributed by atoms with Gasteiger partial charge < -0.3 is 5.32 Å². The van der Waals surface area contributed by atoms with Gasteiger partial charge in [0.25, 0.3) is 5.91 Å². The first-order valence-corrected chi connectivity index (χ1v) is 10.6. The van der Waals surface area contributed by atoms with Crippen molar-refractivity contribution < 1.29 is 4.79 Å². The van der Waals surface area contributed by atoms with Crippen LogP contribution in [-0.2, 0) is 7.05 Å². The summed E-state index contributed by atoms with van der Waals surface area (Å²) < 4.78 is 5.59. The summed E-state index contributed by atoms with van der Waals surface area (Å²) in [6.45, 7) is 6.01. The first-order valence-electron chi connectivity index (χ1n) is 10.6. The number of aryl methyl sites for hydroxylation is 3. The van der Waals surface area contributed by atoms with Gasteiger partial charge in [0.2, 0.25) is 0 Å². The predicted octanol–water partition coefficient (Wildman–Crippen LogP) is 3.62. The molecule has 1 saturated carbocycles. The number of carbonyl (C=O) groups excluding carboxylic acids is 1. The molecule has 1 aliphatic rings. The van der Waals surface area contributed by atoms with Crippen LogP contribution in [-0.4, -0.2) is 40.1 Å². The molecule has 4 aromatic heterocycles. The molecule has 1 N–H and O–H groups in total. The molecule has 4 aromatic rings. The molecule has 5 rings (SSSR count). The Morgan fingerprint density at radius 1 is 1.10 bits per heavy atom. The fourth-order valence-corrected chi connectivity index (χ4v) is 4.59. The lowest BCUT2D eigenvalue weighted by molar-refractivity contribution is 0.102. The van der Waals surface area contributed by atoms with Gasteiger partial charge in [-0.1, -0.05) is 12.8 Å². The Bertz CT molecular complexity index is 1290. The molecular formula is C22H26N8O. The van der Waals surface area contributed by atoms with E-state index in [4.69, 9.17) is 0 Å². The number of nitrogens with zero attached hydrogens (tertiary/aromatic N) is 7. The summed E-state index contributed by atoms with van der Waals surface area (Å²) in [4.78, 5) is 17.3. The number of hydrogen-bond acceptors (Lipinski definition) is 5. The summed E-state index contributed by atoms with van der Waals surface area (Å²) in [6, 6.07) is 5.93. The monoisotopic (exact) mass is 418 g/mol. The highest BCUT2D eigenvalue weighted by Crippen LogP contribution is 2.31. The van der Waals surface area contributed by atoms with Gasteiger partial charge in [-0.05, 0) is 39.7 Å². The van der Waals surface area contributed by atoms with E-state index in [1.165, 1.54) is 12.8 Å². The van der Waals surface area contributed by atoms with E-state index in [0.29, 0.717) is 23.2 Å². The van der Waals surface area contributed by atoms with E-state index in [1.54, 1.807) is 16.8 Å². The third-order valence-corrected chi connectivity index (χ3v) is 6.19. The Morgan fingerprint density at radius 2 is 1.87 bits per heavy atom. The van der Waals surface area contributed by atoms with Crippen molar-refractivity contribution >= 4 is 17.4 Å². The summed E-state index contributed by atoms with van der Waals surface area (Å²) in [5.74, 6) is 0.255. The van der Waals surface area contributed by atoms with E-state index in [0.717, 1.165) is 41.2 Å². The molecule has 0 aromatic carbocycles. The molecule has 0 unspecified atom stereocenters. The molecule has 0 atom stereocenters. The Kier molecular flexibility index (Phi) is 4.60. The van der Waals surface area contributed by atoms with Crippen molar-refractivity contribution in [1.29, 1.82) is 0 Å². The summed E-state index contributed by atoms with van der Waals surface area (Å²) in [7, 11) is 1.92. The van der Waals surface area contributed by atoms with Crippen LogP contribution in [0.4, 0.5) is 5.82 Å². The van der Waals surface area contributed by atoms with E-state index in [2.05, 4.69) is 25.6 Å². The Labute approximate surface area is 180 Å². The highest BCUT2D eigenvalue weighted by molar-refractivity contribution is 6.03. The number of anilines is 1. The Morgan fingerprint density at radius 3 is 2.58 bits per heavy atom. The molecule has 9 heteroatoms. The number of aromatic nitrogens is 7. The quantitative estimate of drug-likeness (QED) is 0.546. The molecule has 160 valence electrons. The van der Waals surface area contributed by atoms with Gasteiger partial charge in [-0.3, -0.25) is 14.2 Å². The normalized spacial score (nSPS) is 14.6. The van der Waals surface area contributed by atoms with E-state index in [9.17, 15) is 4.79 Å². The van der Waals surface area contributed by atoms with Crippen LogP contribution in [0.5, 0.6) is 0 Å². The number of fused-ring (bicyclic) bond motifs is 1. The van der Waals surface area contributed by atoms with Gasteiger partial charge >= 0.3 is 0 Å². The van der Waals surface area contributed by atoms with Crippen LogP contribution in [0.25, 0.3) is 16.9 Å². The van der Waals surface area contributed by atoms with Gasteiger partial charge in [-0.2, -0.15) is 15.3 Å². The zero-order chi connectivity index (χ0) is 21.7. The van der Waals surface area contributed by atoms with Crippen LogP contribution in [0.15, 0.2) is 24.4 Å². The molecule has 9 nitrogen and oxygen atoms in total. The minimum absolute atomic E-state index is 0.298. The predicted molar refractivity (Wildman–Crippen MR) is 117 cm³/mol. The summed E-state index contributed by atoms with van der Waals surface area (Å²) in [5, 5.41) is 16.6. The van der Waals surface area contributed by atoms with Gasteiger partial charge in [-0.15, -0.1) is 0 Å². The second kappa shape index (κ2) is 7.33. The maximum atomic E-state index is 12.9. The minimum Gasteiger partial charge on any atom is -0.304 e. The fourth-order valence-electron chi connectivity index (χ4n) is 4.59. The fraction of sp³-hybridized carbons (Fsp3) is 0.409. The summed E-state index contributed by atoms with van der Waals surface area (Å²) >= 11 is 0. The molecule has 1 amide bonds. The van der Waals surface area contributed by atoms with Crippen molar-refractivity contribution in [3.05, 3.63) is 47.2 Å². The average Bonchev–Trinajstić information content (AvgIpc) is 3.50. The van der Waals surface area contributed by atoms with Crippen LogP contribution in [0, 0.1) is 20.8 Å². The smallest absolute Gasteiger partial charge is 0.277 e. The number of amides is 1. The first-order chi connectivity index (χ1) is 14.9. The number of hydrogen-bond donors (Lipinski definition) is 1. The second-order valence-electron chi connectivity index (χ2n) is 8.31. The Balaban J connectivity index is 1.46. The lowest BCUT2D eigenvalue weighted by atomic mass is 10.1. The SMILES string of the molecule is Cc1nn(C)c(C)c1-c1ccnc2cc(C(=O)Nc3cc(C)n(C4CCCC4)n3)nn12. The minimum atomic E-state index is -0.299. The molecule has 4 heterocycles. The van der Waals surface area contributed by atoms with Crippen molar-refractivity contribution in [2.75, 3.05) is 5.32 Å². The lowest BCUT2D eigenvalue weighted by Gasteiger charge is -2.11. The van der Waals surface area contributed by atoms with Crippen LogP contribution in [0.3, 0.4) is 0 Å². The maximum Gasteiger partial charge on any atom is 0.277 e. The number of nitrogens with one attached hydrogen (secondary N) is 1. The molecule has 0 bridgehead atoms. The third kappa shape index (κ3) is 3.30. The van der Waals surface area contributed by atoms with Gasteiger partial charge in [0.05, 0.1) is 17.4 Å². The van der Waals surface area contributed by atoms with Gasteiger partial charge in [0, 0.05) is 42.3 Å². The number of rotatable bonds is 4. The maximum absolute atomic E-state index is 12.9. The zero-order valence-electron chi connectivity index (χ0n) is 18.3. The van der Waals surface area contributed by atoms with Crippen molar-refractivity contribution in [3.8, 4) is 11.3 Å². The Hall–Kier alpha value is -3.49. The van der Waals surface area contributed by atoms with Crippen LogP contribution in [0.2, 0.25) is 0 Å². The topological polar surface area (TPSA) is 94.9 Å². The van der Waals surface area contributed by atoms with E-state index >= 15 is 0 Å². The van der Waals surface area contributed by atoms with Crippen LogP contribution >= 0.6 is 0 Å². The highest BCUT2D eigenvalue weighted by atomic mass is 16.2. The zero-order valence-corrected chi connectivity index (χ0v) is 18.3. The number of carbonyl (C=O) groups is 1. The lowest BCUT2D eigenvalue weighted by Crippen LogP contribution is -2.14. The van der Waals surface area contributed by atoms with Crippen LogP contribution in [0.1, 0.15) is 59.3 Å². The largest absolute Gasteiger partial charge is 0.304 e. The van der Waals surface area contributed by atoms with E-state index in [1.807, 2.05) is 49.3 Å². The molecule has 0 aliphatic heterocycles. The molecule has 0 spiro atoms. The standard InChI is InChI=1S/C22H26N8O/c1-13-11-19(27-29(13)16-7-5-6-8-16)24-22(31)17-12-20-23-10-9-18(30(20)26-17)21-14(2)25-28(4)15(21)3/h9-12,16H,5-8H2,1-4H3,(H,24,27,31).